The van der Waals surface area contributed by atoms with Crippen molar-refractivity contribution in [3.05, 3.63) is 30.3 Å². The molecule has 25 heavy (non-hydrogen) atoms. The van der Waals surface area contributed by atoms with Gasteiger partial charge in [-0.1, -0.05) is 18.2 Å². The first-order valence-electron chi connectivity index (χ1n) is 7.54. The highest BCUT2D eigenvalue weighted by molar-refractivity contribution is 7.89. The van der Waals surface area contributed by atoms with Crippen LogP contribution in [0.3, 0.4) is 0 Å². The van der Waals surface area contributed by atoms with Crippen LogP contribution in [0.15, 0.2) is 35.2 Å². The first kappa shape index (κ1) is 18.9. The summed E-state index contributed by atoms with van der Waals surface area (Å²) < 4.78 is 31.0. The van der Waals surface area contributed by atoms with Crippen LogP contribution in [0.25, 0.3) is 0 Å². The molecule has 1 heterocycles. The number of nitrogens with zero attached hydrogens (tertiary/aromatic N) is 1. The fourth-order valence-corrected chi connectivity index (χ4v) is 4.00. The van der Waals surface area contributed by atoms with Crippen LogP contribution >= 0.6 is 0 Å². The number of carbonyl (C=O) groups excluding carboxylic acids is 3. The van der Waals surface area contributed by atoms with Gasteiger partial charge in [0.15, 0.2) is 0 Å². The second-order valence-electron chi connectivity index (χ2n) is 5.29. The summed E-state index contributed by atoms with van der Waals surface area (Å²) in [5.74, 6) is -1.82. The molecule has 2 rings (SSSR count). The van der Waals surface area contributed by atoms with E-state index in [1.54, 1.807) is 18.2 Å². The molecule has 1 atom stereocenters. The molecule has 1 aromatic carbocycles. The lowest BCUT2D eigenvalue weighted by Crippen LogP contribution is -2.58. The van der Waals surface area contributed by atoms with Gasteiger partial charge in [0.25, 0.3) is 0 Å². The second-order valence-corrected chi connectivity index (χ2v) is 7.18. The number of hydrogen-bond acceptors (Lipinski definition) is 6. The number of benzene rings is 1. The molecule has 1 saturated heterocycles. The number of ether oxygens (including phenoxy) is 1. The van der Waals surface area contributed by atoms with Crippen LogP contribution in [-0.4, -0.2) is 63.3 Å². The highest BCUT2D eigenvalue weighted by atomic mass is 32.2. The number of rotatable bonds is 6. The molecule has 0 spiro atoms. The summed E-state index contributed by atoms with van der Waals surface area (Å²) in [6.07, 6.45) is -0.394. The third-order valence-electron chi connectivity index (χ3n) is 3.67. The zero-order valence-electron chi connectivity index (χ0n) is 13.6. The number of piperazine rings is 1. The Kier molecular flexibility index (Phi) is 6.10. The monoisotopic (exact) mass is 369 g/mol. The van der Waals surface area contributed by atoms with E-state index in [9.17, 15) is 22.8 Å². The molecule has 0 unspecified atom stereocenters. The lowest BCUT2D eigenvalue weighted by molar-refractivity contribution is -0.141. The Morgan fingerprint density at radius 2 is 2.00 bits per heavy atom. The van der Waals surface area contributed by atoms with Crippen LogP contribution < -0.4 is 10.6 Å². The van der Waals surface area contributed by atoms with Gasteiger partial charge in [0.2, 0.25) is 21.8 Å². The molecule has 1 aliphatic rings. The average Bonchev–Trinajstić information content (AvgIpc) is 2.62. The van der Waals surface area contributed by atoms with Gasteiger partial charge in [0.05, 0.1) is 18.4 Å². The zero-order chi connectivity index (χ0) is 18.4. The van der Waals surface area contributed by atoms with Crippen LogP contribution in [0.1, 0.15) is 6.42 Å². The summed E-state index contributed by atoms with van der Waals surface area (Å²) >= 11 is 0. The van der Waals surface area contributed by atoms with Gasteiger partial charge >= 0.3 is 5.97 Å². The molecule has 2 amide bonds. The normalized spacial score (nSPS) is 18.3. The van der Waals surface area contributed by atoms with Crippen LogP contribution in [0, 0.1) is 0 Å². The molecule has 9 nitrogen and oxygen atoms in total. The van der Waals surface area contributed by atoms with E-state index >= 15 is 0 Å². The lowest BCUT2D eigenvalue weighted by Gasteiger charge is -2.33. The highest BCUT2D eigenvalue weighted by Crippen LogP contribution is 2.21. The van der Waals surface area contributed by atoms with Gasteiger partial charge in [0, 0.05) is 13.1 Å². The smallest absolute Gasteiger partial charge is 0.325 e. The van der Waals surface area contributed by atoms with E-state index in [1.807, 2.05) is 0 Å². The fraction of sp³-hybridized carbons (Fsp3) is 0.400. The Morgan fingerprint density at radius 3 is 2.64 bits per heavy atom. The van der Waals surface area contributed by atoms with Crippen molar-refractivity contribution in [2.75, 3.05) is 26.7 Å². The van der Waals surface area contributed by atoms with E-state index in [1.165, 1.54) is 19.2 Å². The van der Waals surface area contributed by atoms with Gasteiger partial charge < -0.3 is 15.4 Å². The Bertz CT molecular complexity index is 750. The Labute approximate surface area is 145 Å². The van der Waals surface area contributed by atoms with Gasteiger partial charge in [-0.2, -0.15) is 4.31 Å². The van der Waals surface area contributed by atoms with Crippen molar-refractivity contribution in [2.45, 2.75) is 17.4 Å². The topological polar surface area (TPSA) is 122 Å². The van der Waals surface area contributed by atoms with Crippen LogP contribution in [0.5, 0.6) is 0 Å². The van der Waals surface area contributed by atoms with Crippen molar-refractivity contribution in [2.24, 2.45) is 0 Å². The third-order valence-corrected chi connectivity index (χ3v) is 5.59. The minimum atomic E-state index is -3.92. The number of esters is 1. The molecule has 1 aromatic rings. The SMILES string of the molecule is COC(=O)CNC(=O)C[C@@H]1C(=O)NCCN1S(=O)(=O)c1ccccc1. The number of methoxy groups -OCH3 is 1. The van der Waals surface area contributed by atoms with Crippen LogP contribution in [0.2, 0.25) is 0 Å². The first-order chi connectivity index (χ1) is 11.9. The summed E-state index contributed by atoms with van der Waals surface area (Å²) in [5, 5.41) is 4.85. The predicted octanol–water partition coefficient (Wildman–Crippen LogP) is -1.14. The van der Waals surface area contributed by atoms with Crippen LogP contribution in [0.4, 0.5) is 0 Å². The van der Waals surface area contributed by atoms with Crippen molar-refractivity contribution < 1.29 is 27.5 Å². The van der Waals surface area contributed by atoms with Crippen molar-refractivity contribution >= 4 is 27.8 Å². The van der Waals surface area contributed by atoms with E-state index in [4.69, 9.17) is 0 Å². The van der Waals surface area contributed by atoms with Gasteiger partial charge in [-0.25, -0.2) is 8.42 Å². The molecule has 1 fully saturated rings. The molecule has 136 valence electrons. The molecule has 0 aliphatic carbocycles. The van der Waals surface area contributed by atoms with Gasteiger partial charge in [-0.05, 0) is 12.1 Å². The standard InChI is InChI=1S/C15H19N3O6S/c1-24-14(20)10-17-13(19)9-12-15(21)16-7-8-18(12)25(22,23)11-5-3-2-4-6-11/h2-6,12H,7-10H2,1H3,(H,16,21)(H,17,19)/t12-/m1/s1. The Hall–Kier alpha value is -2.46. The molecule has 0 saturated carbocycles. The summed E-state index contributed by atoms with van der Waals surface area (Å²) in [6, 6.07) is 6.51. The second kappa shape index (κ2) is 8.08. The fourth-order valence-electron chi connectivity index (χ4n) is 2.39. The number of sulfonamides is 1. The molecule has 0 aromatic heterocycles. The van der Waals surface area contributed by atoms with Crippen molar-refractivity contribution in [1.29, 1.82) is 0 Å². The Balaban J connectivity index is 2.17. The average molecular weight is 369 g/mol. The van der Waals surface area contributed by atoms with E-state index in [2.05, 4.69) is 15.4 Å². The van der Waals surface area contributed by atoms with Crippen LogP contribution in [-0.2, 0) is 29.1 Å². The lowest BCUT2D eigenvalue weighted by atomic mass is 10.1. The molecule has 2 N–H and O–H groups in total. The molecular formula is C15H19N3O6S. The maximum atomic E-state index is 12.8. The number of carbonyl (C=O) groups is 3. The molecule has 0 radical (unpaired) electrons. The van der Waals surface area contributed by atoms with Gasteiger partial charge in [0.1, 0.15) is 12.6 Å². The first-order valence-corrected chi connectivity index (χ1v) is 8.98. The predicted molar refractivity (Wildman–Crippen MR) is 86.8 cm³/mol. The number of hydrogen-bond donors (Lipinski definition) is 2. The molecule has 1 aliphatic heterocycles. The molecule has 10 heteroatoms. The van der Waals surface area contributed by atoms with E-state index in [0.717, 1.165) is 4.31 Å². The van der Waals surface area contributed by atoms with E-state index < -0.39 is 40.3 Å². The Morgan fingerprint density at radius 1 is 1.32 bits per heavy atom. The zero-order valence-corrected chi connectivity index (χ0v) is 14.4. The number of amides is 2. The molecule has 0 bridgehead atoms. The van der Waals surface area contributed by atoms with E-state index in [-0.39, 0.29) is 24.5 Å². The number of nitrogens with one attached hydrogen (secondary N) is 2. The summed E-state index contributed by atoms with van der Waals surface area (Å²) in [4.78, 5) is 35.2. The minimum absolute atomic E-state index is 0.0460. The summed E-state index contributed by atoms with van der Waals surface area (Å²) in [6.45, 7) is -0.141. The largest absolute Gasteiger partial charge is 0.468 e. The van der Waals surface area contributed by atoms with E-state index in [0.29, 0.717) is 0 Å². The quantitative estimate of drug-likeness (QED) is 0.611. The maximum Gasteiger partial charge on any atom is 0.325 e. The minimum Gasteiger partial charge on any atom is -0.468 e. The molecular weight excluding hydrogens is 350 g/mol. The third kappa shape index (κ3) is 4.54. The summed E-state index contributed by atoms with van der Waals surface area (Å²) in [5.41, 5.74) is 0. The highest BCUT2D eigenvalue weighted by Gasteiger charge is 2.39. The van der Waals surface area contributed by atoms with Gasteiger partial charge in [-0.15, -0.1) is 0 Å². The maximum absolute atomic E-state index is 12.8. The summed E-state index contributed by atoms with van der Waals surface area (Å²) in [7, 11) is -2.75. The van der Waals surface area contributed by atoms with Crippen molar-refractivity contribution in [3.63, 3.8) is 0 Å². The van der Waals surface area contributed by atoms with Gasteiger partial charge in [-0.3, -0.25) is 14.4 Å². The van der Waals surface area contributed by atoms with Crippen molar-refractivity contribution in [3.8, 4) is 0 Å². The van der Waals surface area contributed by atoms with Crippen molar-refractivity contribution in [1.82, 2.24) is 14.9 Å².